The van der Waals surface area contributed by atoms with Crippen molar-refractivity contribution in [3.8, 4) is 55.6 Å². The third-order valence-corrected chi connectivity index (χ3v) is 28.2. The van der Waals surface area contributed by atoms with Gasteiger partial charge in [0.2, 0.25) is 0 Å². The Kier molecular flexibility index (Phi) is 40.4. The van der Waals surface area contributed by atoms with Crippen molar-refractivity contribution in [2.75, 3.05) is 0 Å². The van der Waals surface area contributed by atoms with Crippen molar-refractivity contribution < 1.29 is 0 Å². The molecule has 12 rings (SSSR count). The molecule has 0 aromatic heterocycles. The molecular weight excluding hydrogens is 1690 g/mol. The molecule has 9 aromatic carbocycles. The zero-order valence-electron chi connectivity index (χ0n) is 74.2. The fraction of sp³-hybridized carbons (Fsp3) is 0.514. The molecule has 0 spiro atoms. The molecule has 0 radical (unpaired) electrons. The van der Waals surface area contributed by atoms with Crippen LogP contribution in [0.3, 0.4) is 0 Å². The van der Waals surface area contributed by atoms with Gasteiger partial charge in [-0.3, -0.25) is 0 Å². The van der Waals surface area contributed by atoms with Gasteiger partial charge in [-0.2, -0.15) is 0 Å². The van der Waals surface area contributed by atoms with Gasteiger partial charge in [-0.15, -0.1) is 0 Å². The van der Waals surface area contributed by atoms with E-state index in [9.17, 15) is 0 Å². The third kappa shape index (κ3) is 26.6. The molecule has 0 heterocycles. The van der Waals surface area contributed by atoms with E-state index in [1.165, 1.54) is 377 Å². The quantitative estimate of drug-likeness (QED) is 0.0334. The Hall–Kier alpha value is -4.81. The van der Waals surface area contributed by atoms with Crippen LogP contribution in [0.5, 0.6) is 0 Å². The van der Waals surface area contributed by atoms with E-state index in [0.29, 0.717) is 0 Å². The second-order valence-corrected chi connectivity index (χ2v) is 39.8. The molecule has 626 valence electrons. The number of halogens is 5. The SMILES string of the molecule is CCCCCCCCC1(CCCCCCCC)c2cc(Br)ccc2-c2ccc(-c3cc(C)cc(C)c3)cc21.CCCCCCCCC1(CCCCCCCC)c2cc(Br)ccc2-c2ccc(-c3cc(C)cc(C)c3)cc21.CCCCCCCCC1(CCCCCCCC)c2cc(Br)ccc2-c2ccc(Br)cc21.Cc1cc(C)cc(Cl)c1. The van der Waals surface area contributed by atoms with Crippen molar-refractivity contribution in [3.05, 3.63) is 253 Å². The van der Waals surface area contributed by atoms with Gasteiger partial charge >= 0.3 is 0 Å². The van der Waals surface area contributed by atoms with E-state index >= 15 is 0 Å². The van der Waals surface area contributed by atoms with Crippen molar-refractivity contribution in [2.45, 2.75) is 369 Å². The average Bonchev–Trinajstić information content (AvgIpc) is 1.58. The summed E-state index contributed by atoms with van der Waals surface area (Å²) in [5.41, 5.74) is 31.9. The predicted molar refractivity (Wildman–Crippen MR) is 527 cm³/mol. The maximum atomic E-state index is 5.75. The molecule has 3 aliphatic carbocycles. The summed E-state index contributed by atoms with van der Waals surface area (Å²) in [5, 5.41) is 0.826. The van der Waals surface area contributed by atoms with Gasteiger partial charge in [0.15, 0.2) is 0 Å². The normalized spacial score (nSPS) is 13.3. The minimum atomic E-state index is 0.124. The van der Waals surface area contributed by atoms with E-state index in [0.717, 1.165) is 5.02 Å². The van der Waals surface area contributed by atoms with Gasteiger partial charge in [-0.1, -0.05) is 461 Å². The summed E-state index contributed by atoms with van der Waals surface area (Å²) < 4.78 is 4.87. The highest BCUT2D eigenvalue weighted by molar-refractivity contribution is 9.11. The number of unbranched alkanes of at least 4 members (excludes halogenated alkanes) is 30. The van der Waals surface area contributed by atoms with E-state index in [1.54, 1.807) is 33.4 Å². The highest BCUT2D eigenvalue weighted by Gasteiger charge is 2.46. The lowest BCUT2D eigenvalue weighted by atomic mass is 9.70. The molecule has 9 aromatic rings. The average molecular weight is 1840 g/mol. The van der Waals surface area contributed by atoms with Crippen LogP contribution in [-0.4, -0.2) is 0 Å². The van der Waals surface area contributed by atoms with Crippen LogP contribution in [0.4, 0.5) is 0 Å². The lowest BCUT2D eigenvalue weighted by Crippen LogP contribution is -2.25. The fourth-order valence-corrected chi connectivity index (χ4v) is 22.0. The Morgan fingerprint density at radius 2 is 0.379 bits per heavy atom. The summed E-state index contributed by atoms with van der Waals surface area (Å²) in [6, 6.07) is 62.9. The first-order chi connectivity index (χ1) is 56.3. The Morgan fingerprint density at radius 3 is 0.586 bits per heavy atom. The second kappa shape index (κ2) is 49.3. The molecule has 0 N–H and O–H groups in total. The van der Waals surface area contributed by atoms with E-state index in [1.807, 2.05) is 26.0 Å². The molecule has 0 atom stereocenters. The van der Waals surface area contributed by atoms with E-state index in [-0.39, 0.29) is 16.2 Å². The maximum absolute atomic E-state index is 5.75. The van der Waals surface area contributed by atoms with Crippen LogP contribution >= 0.6 is 75.3 Å². The lowest BCUT2D eigenvalue weighted by Gasteiger charge is -2.33. The monoisotopic (exact) mass is 1830 g/mol. The summed E-state index contributed by atoms with van der Waals surface area (Å²) in [7, 11) is 0. The topological polar surface area (TPSA) is 0 Å². The Balaban J connectivity index is 0.000000189. The van der Waals surface area contributed by atoms with Gasteiger partial charge in [0.05, 0.1) is 0 Å². The molecule has 0 saturated heterocycles. The van der Waals surface area contributed by atoms with Crippen molar-refractivity contribution in [1.82, 2.24) is 0 Å². The molecule has 0 saturated carbocycles. The highest BCUT2D eigenvalue weighted by Crippen LogP contribution is 2.59. The van der Waals surface area contributed by atoms with E-state index < -0.39 is 0 Å². The van der Waals surface area contributed by atoms with Crippen LogP contribution in [0, 0.1) is 41.5 Å². The number of hydrogen-bond acceptors (Lipinski definition) is 0. The van der Waals surface area contributed by atoms with Crippen molar-refractivity contribution in [1.29, 1.82) is 0 Å². The number of fused-ring (bicyclic) bond motifs is 9. The molecule has 0 amide bonds. The first kappa shape index (κ1) is 95.0. The summed E-state index contributed by atoms with van der Waals surface area (Å²) in [6.07, 6.45) is 56.5. The van der Waals surface area contributed by atoms with Gasteiger partial charge in [0.1, 0.15) is 0 Å². The molecular formula is C111H147Br4Cl. The van der Waals surface area contributed by atoms with E-state index in [4.69, 9.17) is 11.6 Å². The summed E-state index contributed by atoms with van der Waals surface area (Å²) in [4.78, 5) is 0. The molecule has 0 nitrogen and oxygen atoms in total. The summed E-state index contributed by atoms with van der Waals surface area (Å²) in [6.45, 7) is 26.8. The third-order valence-electron chi connectivity index (χ3n) is 26.0. The summed E-state index contributed by atoms with van der Waals surface area (Å²) in [5.74, 6) is 0. The van der Waals surface area contributed by atoms with Gasteiger partial charge in [0.25, 0.3) is 0 Å². The summed E-state index contributed by atoms with van der Waals surface area (Å²) >= 11 is 21.0. The van der Waals surface area contributed by atoms with Crippen LogP contribution < -0.4 is 0 Å². The standard InChI is InChI=1S/2C37H49Br.C29H40Br2.C8H9Cl/c2*1-5-7-9-11-13-15-21-37(22-16-14-12-10-8-6-2)35-26-30(31-24-28(3)23-29(4)25-31)17-19-33(35)34-20-18-32(38)27-36(34)37;1-3-5-7-9-11-13-19-29(20-14-12-10-8-6-4-2)27-21-23(30)15-17-25(27)26-18-16-24(31)22-28(26)29;1-6-3-7(2)5-8(9)4-6/h2*17-20,23-27H,5-16,21-22H2,1-4H3;15-18,21-22H,3-14,19-20H2,1-2H3;3-5H,1-2H3. The minimum absolute atomic E-state index is 0.124. The number of benzene rings is 9. The first-order valence-electron chi connectivity index (χ1n) is 46.7. The van der Waals surface area contributed by atoms with Crippen LogP contribution in [0.1, 0.15) is 378 Å². The Labute approximate surface area is 746 Å². The van der Waals surface area contributed by atoms with Gasteiger partial charge in [0, 0.05) is 39.2 Å². The van der Waals surface area contributed by atoms with Crippen LogP contribution in [0.2, 0.25) is 5.02 Å². The molecule has 0 unspecified atom stereocenters. The minimum Gasteiger partial charge on any atom is -0.0843 e. The van der Waals surface area contributed by atoms with Gasteiger partial charge < -0.3 is 0 Å². The first-order valence-corrected chi connectivity index (χ1v) is 50.2. The number of aryl methyl sites for hydroxylation is 6. The van der Waals surface area contributed by atoms with Crippen molar-refractivity contribution in [3.63, 3.8) is 0 Å². The Bertz CT molecular complexity index is 4090. The van der Waals surface area contributed by atoms with Crippen LogP contribution in [0.15, 0.2) is 182 Å². The predicted octanol–water partition coefficient (Wildman–Crippen LogP) is 38.9. The second-order valence-electron chi connectivity index (χ2n) is 35.7. The number of rotatable bonds is 44. The van der Waals surface area contributed by atoms with Crippen LogP contribution in [0.25, 0.3) is 55.6 Å². The zero-order chi connectivity index (χ0) is 82.9. The molecule has 5 heteroatoms. The smallest absolute Gasteiger partial charge is 0.0411 e. The number of hydrogen-bond donors (Lipinski definition) is 0. The molecule has 3 aliphatic rings. The van der Waals surface area contributed by atoms with Gasteiger partial charge in [-0.25, -0.2) is 0 Å². The molecule has 0 fully saturated rings. The maximum Gasteiger partial charge on any atom is 0.0411 e. The van der Waals surface area contributed by atoms with Crippen molar-refractivity contribution in [2.24, 2.45) is 0 Å². The zero-order valence-corrected chi connectivity index (χ0v) is 81.3. The fourth-order valence-electron chi connectivity index (χ4n) is 20.2. The van der Waals surface area contributed by atoms with Crippen LogP contribution in [-0.2, 0) is 16.2 Å². The largest absolute Gasteiger partial charge is 0.0843 e. The molecule has 116 heavy (non-hydrogen) atoms. The molecule has 0 bridgehead atoms. The van der Waals surface area contributed by atoms with E-state index in [2.05, 4.69) is 285 Å². The molecule has 0 aliphatic heterocycles. The van der Waals surface area contributed by atoms with Crippen molar-refractivity contribution >= 4 is 75.3 Å². The Morgan fingerprint density at radius 1 is 0.198 bits per heavy atom. The highest BCUT2D eigenvalue weighted by atomic mass is 79.9. The lowest BCUT2D eigenvalue weighted by molar-refractivity contribution is 0.397. The van der Waals surface area contributed by atoms with Gasteiger partial charge in [-0.05, 0) is 253 Å².